The molecule has 1 aliphatic rings. The third-order valence-corrected chi connectivity index (χ3v) is 9.24. The molecule has 0 radical (unpaired) electrons. The number of hydrogen-bond acceptors (Lipinski definition) is 3. The highest BCUT2D eigenvalue weighted by Crippen LogP contribution is 2.53. The molecular weight excluding hydrogens is 437 g/mol. The molecule has 0 saturated heterocycles. The van der Waals surface area contributed by atoms with Gasteiger partial charge >= 0.3 is 0 Å². The Labute approximate surface area is 199 Å². The molecule has 5 aromatic carbocycles. The molecule has 0 N–H and O–H groups in total. The van der Waals surface area contributed by atoms with Crippen LogP contribution in [0.2, 0.25) is 0 Å². The van der Waals surface area contributed by atoms with Crippen molar-refractivity contribution in [3.63, 3.8) is 0 Å². The molecule has 0 saturated carbocycles. The summed E-state index contributed by atoms with van der Waals surface area (Å²) in [5.41, 5.74) is 2.71. The first-order chi connectivity index (χ1) is 16.8. The van der Waals surface area contributed by atoms with E-state index in [0.717, 1.165) is 44.5 Å². The number of anilines is 3. The normalized spacial score (nSPS) is 12.4. The van der Waals surface area contributed by atoms with Crippen LogP contribution in [0.4, 0.5) is 17.1 Å². The maximum absolute atomic E-state index is 15.2. The first-order valence-corrected chi connectivity index (χ1v) is 12.9. The van der Waals surface area contributed by atoms with E-state index < -0.39 is 7.14 Å². The fourth-order valence-corrected chi connectivity index (χ4v) is 7.42. The van der Waals surface area contributed by atoms with Gasteiger partial charge < -0.3 is 14.2 Å². The summed E-state index contributed by atoms with van der Waals surface area (Å²) < 4.78 is 21.5. The summed E-state index contributed by atoms with van der Waals surface area (Å²) in [6, 6.07) is 43.5. The zero-order valence-electron chi connectivity index (χ0n) is 18.4. The van der Waals surface area contributed by atoms with Crippen LogP contribution < -0.4 is 25.6 Å². The molecule has 3 nitrogen and oxygen atoms in total. The Hall–Kier alpha value is -4.07. The minimum absolute atomic E-state index is 0.769. The monoisotopic (exact) mass is 459 g/mol. The SMILES string of the molecule is O=P(c1ccccc1)(c1ccccc1)c1ccccc1N1c2ccccc2Oc2ccccc21. The van der Waals surface area contributed by atoms with Gasteiger partial charge in [0.2, 0.25) is 0 Å². The van der Waals surface area contributed by atoms with Gasteiger partial charge in [0.05, 0.1) is 17.1 Å². The second-order valence-electron chi connectivity index (χ2n) is 8.14. The van der Waals surface area contributed by atoms with Crippen LogP contribution in [-0.2, 0) is 4.57 Å². The molecule has 34 heavy (non-hydrogen) atoms. The van der Waals surface area contributed by atoms with Gasteiger partial charge in [-0.1, -0.05) is 97.1 Å². The lowest BCUT2D eigenvalue weighted by Crippen LogP contribution is -2.29. The summed E-state index contributed by atoms with van der Waals surface area (Å²) in [5, 5.41) is 2.41. The maximum Gasteiger partial charge on any atom is 0.173 e. The number of benzene rings is 5. The average molecular weight is 459 g/mol. The van der Waals surface area contributed by atoms with Crippen LogP contribution >= 0.6 is 7.14 Å². The molecule has 0 aromatic heterocycles. The Morgan fingerprint density at radius 2 is 0.882 bits per heavy atom. The summed E-state index contributed by atoms with van der Waals surface area (Å²) in [7, 11) is -3.19. The van der Waals surface area contributed by atoms with Gasteiger partial charge in [-0.05, 0) is 36.4 Å². The lowest BCUT2D eigenvalue weighted by molar-refractivity contribution is 0.477. The van der Waals surface area contributed by atoms with E-state index in [1.165, 1.54) is 0 Å². The molecule has 0 atom stereocenters. The van der Waals surface area contributed by atoms with Gasteiger partial charge in [-0.3, -0.25) is 0 Å². The van der Waals surface area contributed by atoms with Gasteiger partial charge in [0, 0.05) is 15.9 Å². The number of ether oxygens (including phenoxy) is 1. The van der Waals surface area contributed by atoms with Crippen molar-refractivity contribution in [2.45, 2.75) is 0 Å². The van der Waals surface area contributed by atoms with Crippen LogP contribution in [0.5, 0.6) is 11.5 Å². The molecule has 164 valence electrons. The Morgan fingerprint density at radius 1 is 0.471 bits per heavy atom. The standard InChI is InChI=1S/C30H22NO2P/c32-34(23-13-3-1-4-14-23,24-15-5-2-6-16-24)30-22-12-9-19-27(30)31-25-17-7-10-20-28(25)33-29-21-11-8-18-26(29)31/h1-22H. The molecule has 4 heteroatoms. The lowest BCUT2D eigenvalue weighted by Gasteiger charge is -2.35. The Kier molecular flexibility index (Phi) is 5.05. The largest absolute Gasteiger partial charge is 0.453 e. The summed E-state index contributed by atoms with van der Waals surface area (Å²) >= 11 is 0. The predicted molar refractivity (Wildman–Crippen MR) is 141 cm³/mol. The minimum atomic E-state index is -3.19. The van der Waals surface area contributed by atoms with E-state index in [1.807, 2.05) is 133 Å². The third-order valence-electron chi connectivity index (χ3n) is 6.13. The zero-order valence-corrected chi connectivity index (χ0v) is 19.3. The van der Waals surface area contributed by atoms with E-state index >= 15 is 4.57 Å². The van der Waals surface area contributed by atoms with Crippen molar-refractivity contribution in [1.29, 1.82) is 0 Å². The van der Waals surface area contributed by atoms with Gasteiger partial charge in [-0.2, -0.15) is 0 Å². The maximum atomic E-state index is 15.2. The fourth-order valence-electron chi connectivity index (χ4n) is 4.59. The second kappa shape index (κ2) is 8.37. The summed E-state index contributed by atoms with van der Waals surface area (Å²) in [6.07, 6.45) is 0. The Balaban J connectivity index is 1.66. The van der Waals surface area contributed by atoms with Crippen molar-refractivity contribution in [2.75, 3.05) is 4.90 Å². The van der Waals surface area contributed by atoms with Crippen molar-refractivity contribution in [3.8, 4) is 11.5 Å². The fraction of sp³-hybridized carbons (Fsp3) is 0. The van der Waals surface area contributed by atoms with Gasteiger partial charge in [0.25, 0.3) is 0 Å². The molecule has 0 aliphatic carbocycles. The van der Waals surface area contributed by atoms with E-state index in [2.05, 4.69) is 4.90 Å². The number of rotatable bonds is 4. The van der Waals surface area contributed by atoms with E-state index in [1.54, 1.807) is 0 Å². The first-order valence-electron chi connectivity index (χ1n) is 11.2. The van der Waals surface area contributed by atoms with Gasteiger partial charge in [0.15, 0.2) is 18.6 Å². The molecular formula is C30H22NO2P. The van der Waals surface area contributed by atoms with E-state index in [4.69, 9.17) is 4.74 Å². The summed E-state index contributed by atoms with van der Waals surface area (Å²) in [6.45, 7) is 0. The van der Waals surface area contributed by atoms with Gasteiger partial charge in [-0.25, -0.2) is 0 Å². The number of para-hydroxylation sites is 5. The minimum Gasteiger partial charge on any atom is -0.453 e. The smallest absolute Gasteiger partial charge is 0.173 e. The molecule has 1 heterocycles. The van der Waals surface area contributed by atoms with Gasteiger partial charge in [-0.15, -0.1) is 0 Å². The van der Waals surface area contributed by atoms with Crippen LogP contribution in [0.3, 0.4) is 0 Å². The highest BCUT2D eigenvalue weighted by molar-refractivity contribution is 7.85. The van der Waals surface area contributed by atoms with Crippen LogP contribution in [0.1, 0.15) is 0 Å². The molecule has 6 rings (SSSR count). The molecule has 0 amide bonds. The average Bonchev–Trinajstić information content (AvgIpc) is 2.92. The van der Waals surface area contributed by atoms with Crippen LogP contribution in [-0.4, -0.2) is 0 Å². The van der Waals surface area contributed by atoms with Crippen molar-refractivity contribution in [2.24, 2.45) is 0 Å². The Morgan fingerprint density at radius 3 is 1.41 bits per heavy atom. The number of hydrogen-bond donors (Lipinski definition) is 0. The molecule has 0 fully saturated rings. The molecule has 0 spiro atoms. The summed E-state index contributed by atoms with van der Waals surface area (Å²) in [4.78, 5) is 2.17. The number of nitrogens with zero attached hydrogens (tertiary/aromatic N) is 1. The van der Waals surface area contributed by atoms with Crippen LogP contribution in [0, 0.1) is 0 Å². The second-order valence-corrected chi connectivity index (χ2v) is 10.9. The highest BCUT2D eigenvalue weighted by Gasteiger charge is 2.35. The van der Waals surface area contributed by atoms with E-state index in [9.17, 15) is 0 Å². The van der Waals surface area contributed by atoms with Crippen molar-refractivity contribution in [3.05, 3.63) is 133 Å². The van der Waals surface area contributed by atoms with Crippen molar-refractivity contribution in [1.82, 2.24) is 0 Å². The first kappa shape index (κ1) is 20.5. The Bertz CT molecular complexity index is 1430. The van der Waals surface area contributed by atoms with Crippen LogP contribution in [0.25, 0.3) is 0 Å². The van der Waals surface area contributed by atoms with Crippen molar-refractivity contribution >= 4 is 40.1 Å². The van der Waals surface area contributed by atoms with E-state index in [0.29, 0.717) is 0 Å². The van der Waals surface area contributed by atoms with Gasteiger partial charge in [0.1, 0.15) is 0 Å². The van der Waals surface area contributed by atoms with Crippen molar-refractivity contribution < 1.29 is 9.30 Å². The molecule has 1 aliphatic heterocycles. The highest BCUT2D eigenvalue weighted by atomic mass is 31.2. The topological polar surface area (TPSA) is 29.5 Å². The summed E-state index contributed by atoms with van der Waals surface area (Å²) in [5.74, 6) is 1.54. The zero-order chi connectivity index (χ0) is 23.0. The third kappa shape index (κ3) is 3.25. The van der Waals surface area contributed by atoms with E-state index in [-0.39, 0.29) is 0 Å². The molecule has 5 aromatic rings. The quantitative estimate of drug-likeness (QED) is 0.269. The van der Waals surface area contributed by atoms with Crippen LogP contribution in [0.15, 0.2) is 133 Å². The predicted octanol–water partition coefficient (Wildman–Crippen LogP) is 6.90. The molecule has 0 bridgehead atoms. The molecule has 0 unspecified atom stereocenters. The number of fused-ring (bicyclic) bond motifs is 2. The lowest BCUT2D eigenvalue weighted by atomic mass is 10.1.